The van der Waals surface area contributed by atoms with Crippen LogP contribution in [0.15, 0.2) is 36.8 Å². The van der Waals surface area contributed by atoms with Gasteiger partial charge in [-0.3, -0.25) is 14.3 Å². The van der Waals surface area contributed by atoms with E-state index in [1.807, 2.05) is 0 Å². The second-order valence-electron chi connectivity index (χ2n) is 6.27. The van der Waals surface area contributed by atoms with Crippen LogP contribution in [0.4, 0.5) is 11.5 Å². The van der Waals surface area contributed by atoms with Gasteiger partial charge in [-0.1, -0.05) is 11.6 Å². The molecule has 29 heavy (non-hydrogen) atoms. The molecule has 1 aliphatic rings. The molecule has 0 atom stereocenters. The van der Waals surface area contributed by atoms with Gasteiger partial charge in [-0.05, 0) is 24.3 Å². The minimum Gasteiger partial charge on any atom is -0.475 e. The SMILES string of the molecule is NC(=O)Cn1ccc(-c2ccc(N3CCOc4ncnc(N)c4C3=O)cc2Cl)n1. The summed E-state index contributed by atoms with van der Waals surface area (Å²) in [6.07, 6.45) is 2.89. The van der Waals surface area contributed by atoms with E-state index in [0.717, 1.165) is 0 Å². The summed E-state index contributed by atoms with van der Waals surface area (Å²) in [5, 5.41) is 4.68. The molecule has 0 radical (unpaired) electrons. The molecule has 0 aliphatic carbocycles. The third-order valence-corrected chi connectivity index (χ3v) is 4.67. The number of ether oxygens (including phenoxy) is 1. The van der Waals surface area contributed by atoms with Crippen LogP contribution < -0.4 is 21.1 Å². The Hall–Kier alpha value is -3.66. The first kappa shape index (κ1) is 18.7. The number of primary amides is 1. The third-order valence-electron chi connectivity index (χ3n) is 4.35. The molecule has 11 heteroatoms. The van der Waals surface area contributed by atoms with E-state index in [2.05, 4.69) is 15.1 Å². The average Bonchev–Trinajstić information content (AvgIpc) is 3.04. The Morgan fingerprint density at radius 3 is 2.86 bits per heavy atom. The van der Waals surface area contributed by atoms with Crippen molar-refractivity contribution >= 4 is 34.9 Å². The van der Waals surface area contributed by atoms with Crippen molar-refractivity contribution < 1.29 is 14.3 Å². The van der Waals surface area contributed by atoms with Gasteiger partial charge in [0.15, 0.2) is 0 Å². The van der Waals surface area contributed by atoms with Crippen molar-refractivity contribution in [3.8, 4) is 17.1 Å². The standard InChI is InChI=1S/C18H16ClN7O3/c19-12-7-10(1-2-11(12)13-3-4-25(24-13)8-14(20)27)26-5-6-29-17-15(18(26)28)16(21)22-9-23-17/h1-4,7,9H,5-6,8H2,(H2,20,27)(H2,21,22,23). The van der Waals surface area contributed by atoms with Crippen molar-refractivity contribution in [1.82, 2.24) is 19.7 Å². The number of carbonyl (C=O) groups is 2. The molecule has 10 nitrogen and oxygen atoms in total. The van der Waals surface area contributed by atoms with Gasteiger partial charge in [0.05, 0.1) is 17.3 Å². The van der Waals surface area contributed by atoms with Gasteiger partial charge in [-0.2, -0.15) is 5.10 Å². The maximum atomic E-state index is 13.0. The van der Waals surface area contributed by atoms with Gasteiger partial charge >= 0.3 is 0 Å². The summed E-state index contributed by atoms with van der Waals surface area (Å²) in [6, 6.07) is 6.88. The highest BCUT2D eigenvalue weighted by Crippen LogP contribution is 2.33. The van der Waals surface area contributed by atoms with Crippen LogP contribution in [-0.4, -0.2) is 44.7 Å². The molecule has 2 amide bonds. The second-order valence-corrected chi connectivity index (χ2v) is 6.68. The summed E-state index contributed by atoms with van der Waals surface area (Å²) in [7, 11) is 0. The lowest BCUT2D eigenvalue weighted by atomic mass is 10.1. The smallest absolute Gasteiger partial charge is 0.267 e. The highest BCUT2D eigenvalue weighted by atomic mass is 35.5. The number of nitrogen functional groups attached to an aromatic ring is 1. The van der Waals surface area contributed by atoms with Crippen molar-refractivity contribution in [2.24, 2.45) is 5.73 Å². The minimum absolute atomic E-state index is 0.0269. The van der Waals surface area contributed by atoms with E-state index in [1.54, 1.807) is 30.5 Å². The molecule has 0 unspecified atom stereocenters. The average molecular weight is 414 g/mol. The quantitative estimate of drug-likeness (QED) is 0.651. The van der Waals surface area contributed by atoms with Crippen LogP contribution in [0.1, 0.15) is 10.4 Å². The predicted octanol–water partition coefficient (Wildman–Crippen LogP) is 1.10. The number of amides is 2. The fraction of sp³-hybridized carbons (Fsp3) is 0.167. The van der Waals surface area contributed by atoms with E-state index in [4.69, 9.17) is 27.8 Å². The normalized spacial score (nSPS) is 13.6. The van der Waals surface area contributed by atoms with Crippen LogP contribution in [-0.2, 0) is 11.3 Å². The molecule has 1 aromatic carbocycles. The summed E-state index contributed by atoms with van der Waals surface area (Å²) >= 11 is 6.46. The van der Waals surface area contributed by atoms with Crippen molar-refractivity contribution in [2.75, 3.05) is 23.8 Å². The number of hydrogen-bond donors (Lipinski definition) is 2. The van der Waals surface area contributed by atoms with E-state index in [9.17, 15) is 9.59 Å². The van der Waals surface area contributed by atoms with E-state index in [1.165, 1.54) is 15.9 Å². The Morgan fingerprint density at radius 2 is 2.10 bits per heavy atom. The van der Waals surface area contributed by atoms with E-state index >= 15 is 0 Å². The van der Waals surface area contributed by atoms with Gasteiger partial charge in [0, 0.05) is 17.4 Å². The Balaban J connectivity index is 1.66. The van der Waals surface area contributed by atoms with Crippen LogP contribution >= 0.6 is 11.6 Å². The van der Waals surface area contributed by atoms with Gasteiger partial charge in [-0.25, -0.2) is 9.97 Å². The number of benzene rings is 1. The number of nitrogens with two attached hydrogens (primary N) is 2. The lowest BCUT2D eigenvalue weighted by Gasteiger charge is -2.21. The summed E-state index contributed by atoms with van der Waals surface area (Å²) in [4.78, 5) is 33.4. The molecule has 148 valence electrons. The number of halogens is 1. The predicted molar refractivity (Wildman–Crippen MR) is 105 cm³/mol. The molecule has 2 aromatic heterocycles. The maximum absolute atomic E-state index is 13.0. The van der Waals surface area contributed by atoms with Gasteiger partial charge in [0.2, 0.25) is 11.8 Å². The molecule has 0 saturated carbocycles. The largest absolute Gasteiger partial charge is 0.475 e. The van der Waals surface area contributed by atoms with Gasteiger partial charge < -0.3 is 21.1 Å². The zero-order valence-corrected chi connectivity index (χ0v) is 15.8. The first-order valence-corrected chi connectivity index (χ1v) is 8.98. The first-order chi connectivity index (χ1) is 13.9. The number of anilines is 2. The number of nitrogens with zero attached hydrogens (tertiary/aromatic N) is 5. The monoisotopic (exact) mass is 413 g/mol. The maximum Gasteiger partial charge on any atom is 0.267 e. The highest BCUT2D eigenvalue weighted by Gasteiger charge is 2.29. The van der Waals surface area contributed by atoms with Crippen molar-refractivity contribution in [2.45, 2.75) is 6.54 Å². The van der Waals surface area contributed by atoms with Gasteiger partial charge in [0.25, 0.3) is 5.91 Å². The number of carbonyl (C=O) groups excluding carboxylic acids is 2. The van der Waals surface area contributed by atoms with E-state index in [-0.39, 0.29) is 42.9 Å². The lowest BCUT2D eigenvalue weighted by Crippen LogP contribution is -2.32. The fourth-order valence-electron chi connectivity index (χ4n) is 3.04. The van der Waals surface area contributed by atoms with Crippen LogP contribution in [0.5, 0.6) is 5.88 Å². The molecule has 1 aliphatic heterocycles. The number of hydrogen-bond acceptors (Lipinski definition) is 7. The second kappa shape index (κ2) is 7.40. The van der Waals surface area contributed by atoms with Gasteiger partial charge in [0.1, 0.15) is 30.9 Å². The van der Waals surface area contributed by atoms with E-state index in [0.29, 0.717) is 22.0 Å². The molecule has 4 N–H and O–H groups in total. The molecule has 0 fully saturated rings. The van der Waals surface area contributed by atoms with Crippen molar-refractivity contribution in [3.05, 3.63) is 47.4 Å². The molecule has 3 heterocycles. The minimum atomic E-state index is -0.494. The zero-order chi connectivity index (χ0) is 20.5. The van der Waals surface area contributed by atoms with Crippen LogP contribution in [0.2, 0.25) is 5.02 Å². The Morgan fingerprint density at radius 1 is 1.28 bits per heavy atom. The third kappa shape index (κ3) is 3.57. The number of fused-ring (bicyclic) bond motifs is 1. The molecule has 0 spiro atoms. The van der Waals surface area contributed by atoms with Crippen molar-refractivity contribution in [1.29, 1.82) is 0 Å². The fourth-order valence-corrected chi connectivity index (χ4v) is 3.31. The lowest BCUT2D eigenvalue weighted by molar-refractivity contribution is -0.118. The Labute approximate surface area is 170 Å². The molecular formula is C18H16ClN7O3. The Kier molecular flexibility index (Phi) is 4.77. The highest BCUT2D eigenvalue weighted by molar-refractivity contribution is 6.33. The summed E-state index contributed by atoms with van der Waals surface area (Å²) in [6.45, 7) is 0.504. The molecular weight excluding hydrogens is 398 g/mol. The van der Waals surface area contributed by atoms with Gasteiger partial charge in [-0.15, -0.1) is 0 Å². The first-order valence-electron chi connectivity index (χ1n) is 8.61. The van der Waals surface area contributed by atoms with Crippen LogP contribution in [0.25, 0.3) is 11.3 Å². The summed E-state index contributed by atoms with van der Waals surface area (Å²) in [5.41, 5.74) is 13.0. The van der Waals surface area contributed by atoms with Crippen LogP contribution in [0.3, 0.4) is 0 Å². The number of rotatable bonds is 4. The summed E-state index contributed by atoms with van der Waals surface area (Å²) in [5.74, 6) is -0.654. The topological polar surface area (TPSA) is 142 Å². The molecule has 3 aromatic rings. The number of aromatic nitrogens is 4. The summed E-state index contributed by atoms with van der Waals surface area (Å²) < 4.78 is 6.96. The molecule has 0 saturated heterocycles. The molecule has 0 bridgehead atoms. The van der Waals surface area contributed by atoms with Crippen LogP contribution in [0, 0.1) is 0 Å². The Bertz CT molecular complexity index is 1110. The van der Waals surface area contributed by atoms with E-state index < -0.39 is 5.91 Å². The molecule has 4 rings (SSSR count). The van der Waals surface area contributed by atoms with Crippen molar-refractivity contribution in [3.63, 3.8) is 0 Å². The zero-order valence-electron chi connectivity index (χ0n) is 15.1.